The molecule has 0 aliphatic carbocycles. The van der Waals surface area contributed by atoms with Crippen LogP contribution in [0.2, 0.25) is 10.0 Å². The Morgan fingerprint density at radius 1 is 1.25 bits per heavy atom. The molecule has 0 spiro atoms. The van der Waals surface area contributed by atoms with Gasteiger partial charge in [0.25, 0.3) is 0 Å². The van der Waals surface area contributed by atoms with Crippen molar-refractivity contribution in [3.63, 3.8) is 0 Å². The average molecular weight is 312 g/mol. The monoisotopic (exact) mass is 311 g/mol. The predicted octanol–water partition coefficient (Wildman–Crippen LogP) is 3.90. The van der Waals surface area contributed by atoms with Gasteiger partial charge in [-0.25, -0.2) is 0 Å². The molecule has 6 heteroatoms. The van der Waals surface area contributed by atoms with Gasteiger partial charge >= 0.3 is 0 Å². The number of aromatic nitrogens is 2. The first-order chi connectivity index (χ1) is 9.61. The second-order valence-corrected chi connectivity index (χ2v) is 6.06. The maximum atomic E-state index is 6.00. The van der Waals surface area contributed by atoms with E-state index in [0.717, 1.165) is 24.9 Å². The lowest BCUT2D eigenvalue weighted by Crippen LogP contribution is -2.34. The molecule has 2 heterocycles. The van der Waals surface area contributed by atoms with Gasteiger partial charge < -0.3 is 9.84 Å². The van der Waals surface area contributed by atoms with Gasteiger partial charge in [0, 0.05) is 27.6 Å². The van der Waals surface area contributed by atoms with E-state index in [0.29, 0.717) is 33.7 Å². The fourth-order valence-corrected chi connectivity index (χ4v) is 3.08. The maximum absolute atomic E-state index is 6.00. The maximum Gasteiger partial charge on any atom is 0.230 e. The molecule has 1 aromatic heterocycles. The third kappa shape index (κ3) is 2.97. The largest absolute Gasteiger partial charge is 0.339 e. The fourth-order valence-electron chi connectivity index (χ4n) is 2.56. The number of halogens is 2. The molecule has 2 aromatic rings. The van der Waals surface area contributed by atoms with Gasteiger partial charge in [-0.1, -0.05) is 28.4 Å². The summed E-state index contributed by atoms with van der Waals surface area (Å²) in [4.78, 5) is 4.50. The van der Waals surface area contributed by atoms with E-state index >= 15 is 0 Å². The van der Waals surface area contributed by atoms with Crippen LogP contribution in [0, 0.1) is 0 Å². The standard InChI is InChI=1S/C14H15Cl2N3O/c1-8-4-9(2-3-17-8)14-18-13(19-20-14)10-5-11(15)7-12(16)6-10/h5-9,17H,2-4H2,1H3. The molecule has 1 aliphatic rings. The molecule has 0 amide bonds. The average Bonchev–Trinajstić information content (AvgIpc) is 2.87. The molecule has 1 fully saturated rings. The summed E-state index contributed by atoms with van der Waals surface area (Å²) < 4.78 is 5.41. The summed E-state index contributed by atoms with van der Waals surface area (Å²) in [6.45, 7) is 3.15. The highest BCUT2D eigenvalue weighted by Crippen LogP contribution is 2.30. The van der Waals surface area contributed by atoms with Gasteiger partial charge in [-0.3, -0.25) is 0 Å². The van der Waals surface area contributed by atoms with Crippen LogP contribution in [-0.2, 0) is 0 Å². The summed E-state index contributed by atoms with van der Waals surface area (Å²) >= 11 is 12.0. The van der Waals surface area contributed by atoms with Crippen LogP contribution in [0.5, 0.6) is 0 Å². The number of piperidine rings is 1. The molecule has 1 aromatic carbocycles. The van der Waals surface area contributed by atoms with Crippen molar-refractivity contribution in [1.82, 2.24) is 15.5 Å². The van der Waals surface area contributed by atoms with E-state index in [4.69, 9.17) is 27.7 Å². The topological polar surface area (TPSA) is 51.0 Å². The van der Waals surface area contributed by atoms with Gasteiger partial charge in [0.05, 0.1) is 0 Å². The molecule has 3 rings (SSSR count). The van der Waals surface area contributed by atoms with Crippen LogP contribution >= 0.6 is 23.2 Å². The first-order valence-corrected chi connectivity index (χ1v) is 7.41. The van der Waals surface area contributed by atoms with Crippen molar-refractivity contribution in [3.05, 3.63) is 34.1 Å². The Labute approximate surface area is 127 Å². The van der Waals surface area contributed by atoms with Crippen molar-refractivity contribution in [3.8, 4) is 11.4 Å². The molecule has 4 nitrogen and oxygen atoms in total. The number of benzene rings is 1. The van der Waals surface area contributed by atoms with E-state index in [9.17, 15) is 0 Å². The first kappa shape index (κ1) is 13.9. The van der Waals surface area contributed by atoms with E-state index in [1.165, 1.54) is 0 Å². The Kier molecular flexibility index (Phi) is 3.96. The Balaban J connectivity index is 1.86. The van der Waals surface area contributed by atoms with E-state index in [2.05, 4.69) is 22.4 Å². The number of nitrogens with zero attached hydrogens (tertiary/aromatic N) is 2. The molecule has 2 unspecified atom stereocenters. The van der Waals surface area contributed by atoms with Crippen LogP contribution in [0.15, 0.2) is 22.7 Å². The van der Waals surface area contributed by atoms with Crippen molar-refractivity contribution in [1.29, 1.82) is 0 Å². The van der Waals surface area contributed by atoms with Crippen LogP contribution in [0.25, 0.3) is 11.4 Å². The first-order valence-electron chi connectivity index (χ1n) is 6.65. The highest BCUT2D eigenvalue weighted by Gasteiger charge is 2.25. The van der Waals surface area contributed by atoms with Gasteiger partial charge in [0.1, 0.15) is 0 Å². The van der Waals surface area contributed by atoms with Crippen LogP contribution in [-0.4, -0.2) is 22.7 Å². The van der Waals surface area contributed by atoms with Crippen LogP contribution in [0.3, 0.4) is 0 Å². The van der Waals surface area contributed by atoms with Crippen molar-refractivity contribution < 1.29 is 4.52 Å². The molecule has 0 radical (unpaired) electrons. The molecule has 1 saturated heterocycles. The van der Waals surface area contributed by atoms with Crippen LogP contribution < -0.4 is 5.32 Å². The minimum absolute atomic E-state index is 0.321. The fraction of sp³-hybridized carbons (Fsp3) is 0.429. The number of nitrogens with one attached hydrogen (secondary N) is 1. The summed E-state index contributed by atoms with van der Waals surface area (Å²) in [6, 6.07) is 5.73. The minimum Gasteiger partial charge on any atom is -0.339 e. The minimum atomic E-state index is 0.321. The van der Waals surface area contributed by atoms with E-state index in [1.54, 1.807) is 18.2 Å². The Morgan fingerprint density at radius 3 is 2.70 bits per heavy atom. The predicted molar refractivity (Wildman–Crippen MR) is 79.2 cm³/mol. The molecular formula is C14H15Cl2N3O. The smallest absolute Gasteiger partial charge is 0.230 e. The van der Waals surface area contributed by atoms with Crippen molar-refractivity contribution in [2.75, 3.05) is 6.54 Å². The van der Waals surface area contributed by atoms with Crippen molar-refractivity contribution in [2.24, 2.45) is 0 Å². The van der Waals surface area contributed by atoms with E-state index in [-0.39, 0.29) is 0 Å². The van der Waals surface area contributed by atoms with Gasteiger partial charge in [-0.2, -0.15) is 4.98 Å². The molecule has 20 heavy (non-hydrogen) atoms. The number of hydrogen-bond acceptors (Lipinski definition) is 4. The molecule has 2 atom stereocenters. The second-order valence-electron chi connectivity index (χ2n) is 5.19. The van der Waals surface area contributed by atoms with Gasteiger partial charge in [0.15, 0.2) is 0 Å². The van der Waals surface area contributed by atoms with Gasteiger partial charge in [-0.05, 0) is 44.5 Å². The molecule has 0 bridgehead atoms. The molecule has 1 N–H and O–H groups in total. The number of rotatable bonds is 2. The third-order valence-electron chi connectivity index (χ3n) is 3.54. The Bertz CT molecular complexity index is 594. The summed E-state index contributed by atoms with van der Waals surface area (Å²) in [5.41, 5.74) is 0.777. The van der Waals surface area contributed by atoms with Crippen molar-refractivity contribution >= 4 is 23.2 Å². The summed E-state index contributed by atoms with van der Waals surface area (Å²) in [5.74, 6) is 1.56. The lowest BCUT2D eigenvalue weighted by Gasteiger charge is -2.25. The lowest BCUT2D eigenvalue weighted by molar-refractivity contribution is 0.295. The van der Waals surface area contributed by atoms with Crippen molar-refractivity contribution in [2.45, 2.75) is 31.7 Å². The summed E-state index contributed by atoms with van der Waals surface area (Å²) in [6.07, 6.45) is 2.03. The summed E-state index contributed by atoms with van der Waals surface area (Å²) in [7, 11) is 0. The summed E-state index contributed by atoms with van der Waals surface area (Å²) in [5, 5.41) is 8.58. The van der Waals surface area contributed by atoms with Crippen LogP contribution in [0.1, 0.15) is 31.6 Å². The zero-order chi connectivity index (χ0) is 14.1. The zero-order valence-corrected chi connectivity index (χ0v) is 12.6. The number of hydrogen-bond donors (Lipinski definition) is 1. The van der Waals surface area contributed by atoms with E-state index in [1.807, 2.05) is 0 Å². The molecular weight excluding hydrogens is 297 g/mol. The Morgan fingerprint density at radius 2 is 2.00 bits per heavy atom. The molecule has 0 saturated carbocycles. The molecule has 106 valence electrons. The molecule has 1 aliphatic heterocycles. The zero-order valence-electron chi connectivity index (χ0n) is 11.1. The second kappa shape index (κ2) is 5.72. The third-order valence-corrected chi connectivity index (χ3v) is 3.97. The lowest BCUT2D eigenvalue weighted by atomic mass is 9.93. The SMILES string of the molecule is CC1CC(c2nc(-c3cc(Cl)cc(Cl)c3)no2)CCN1. The quantitative estimate of drug-likeness (QED) is 0.914. The normalized spacial score (nSPS) is 22.9. The highest BCUT2D eigenvalue weighted by atomic mass is 35.5. The van der Waals surface area contributed by atoms with Gasteiger partial charge in [0.2, 0.25) is 11.7 Å². The highest BCUT2D eigenvalue weighted by molar-refractivity contribution is 6.35. The van der Waals surface area contributed by atoms with E-state index < -0.39 is 0 Å². The van der Waals surface area contributed by atoms with Gasteiger partial charge in [-0.15, -0.1) is 0 Å². The van der Waals surface area contributed by atoms with Crippen LogP contribution in [0.4, 0.5) is 0 Å². The Hall–Kier alpha value is -1.10.